The van der Waals surface area contributed by atoms with Crippen molar-refractivity contribution in [2.24, 2.45) is 0 Å². The number of hydrogen-bond donors (Lipinski definition) is 2. The van der Waals surface area contributed by atoms with Gasteiger partial charge in [0.1, 0.15) is 0 Å². The first-order chi connectivity index (χ1) is 12.5. The summed E-state index contributed by atoms with van der Waals surface area (Å²) >= 11 is 1.51. The zero-order valence-electron chi connectivity index (χ0n) is 15.5. The quantitative estimate of drug-likeness (QED) is 0.657. The van der Waals surface area contributed by atoms with Gasteiger partial charge in [-0.25, -0.2) is 0 Å². The van der Waals surface area contributed by atoms with Gasteiger partial charge in [0.15, 0.2) is 0 Å². The minimum atomic E-state index is -0.204. The minimum Gasteiger partial charge on any atom is -0.348 e. The zero-order valence-corrected chi connectivity index (χ0v) is 16.3. The molecule has 2 amide bonds. The molecule has 2 rings (SSSR count). The van der Waals surface area contributed by atoms with Crippen molar-refractivity contribution in [2.45, 2.75) is 49.8 Å². The van der Waals surface area contributed by atoms with E-state index in [-0.39, 0.29) is 23.1 Å². The van der Waals surface area contributed by atoms with Crippen LogP contribution in [-0.2, 0) is 9.59 Å². The van der Waals surface area contributed by atoms with Crippen molar-refractivity contribution in [2.75, 3.05) is 5.32 Å². The molecule has 2 aromatic rings. The van der Waals surface area contributed by atoms with Crippen LogP contribution in [0.15, 0.2) is 59.5 Å². The van der Waals surface area contributed by atoms with Gasteiger partial charge in [0, 0.05) is 17.5 Å². The van der Waals surface area contributed by atoms with Crippen molar-refractivity contribution in [3.8, 4) is 0 Å². The van der Waals surface area contributed by atoms with Crippen molar-refractivity contribution in [1.82, 2.24) is 5.32 Å². The number of hydrogen-bond acceptors (Lipinski definition) is 3. The van der Waals surface area contributed by atoms with Gasteiger partial charge in [0.05, 0.1) is 11.3 Å². The first-order valence-corrected chi connectivity index (χ1v) is 9.77. The second kappa shape index (κ2) is 10.0. The van der Waals surface area contributed by atoms with Crippen molar-refractivity contribution in [1.29, 1.82) is 0 Å². The van der Waals surface area contributed by atoms with Gasteiger partial charge in [-0.3, -0.25) is 9.59 Å². The van der Waals surface area contributed by atoms with Gasteiger partial charge in [0.2, 0.25) is 11.8 Å². The molecule has 0 aromatic heterocycles. The summed E-state index contributed by atoms with van der Waals surface area (Å²) < 4.78 is 0. The van der Waals surface area contributed by atoms with Gasteiger partial charge >= 0.3 is 0 Å². The van der Waals surface area contributed by atoms with E-state index in [0.29, 0.717) is 0 Å². The molecule has 2 atom stereocenters. The Morgan fingerprint density at radius 3 is 2.27 bits per heavy atom. The molecule has 0 aliphatic heterocycles. The lowest BCUT2D eigenvalue weighted by molar-refractivity contribution is -0.121. The number of nitrogens with one attached hydrogen (secondary N) is 2. The maximum Gasteiger partial charge on any atom is 0.233 e. The molecule has 4 nitrogen and oxygen atoms in total. The highest BCUT2D eigenvalue weighted by Gasteiger charge is 2.19. The van der Waals surface area contributed by atoms with E-state index in [2.05, 4.69) is 29.7 Å². The molecule has 0 radical (unpaired) electrons. The van der Waals surface area contributed by atoms with Crippen molar-refractivity contribution in [3.05, 3.63) is 60.2 Å². The fraction of sp³-hybridized carbons (Fsp3) is 0.333. The summed E-state index contributed by atoms with van der Waals surface area (Å²) in [7, 11) is 0. The molecule has 0 saturated carbocycles. The van der Waals surface area contributed by atoms with Crippen molar-refractivity contribution < 1.29 is 9.59 Å². The number of anilines is 1. The lowest BCUT2D eigenvalue weighted by Gasteiger charge is -2.21. The molecule has 0 unspecified atom stereocenters. The lowest BCUT2D eigenvalue weighted by atomic mass is 10.0. The lowest BCUT2D eigenvalue weighted by Crippen LogP contribution is -2.34. The monoisotopic (exact) mass is 370 g/mol. The molecule has 0 heterocycles. The van der Waals surface area contributed by atoms with Gasteiger partial charge in [-0.15, -0.1) is 11.8 Å². The summed E-state index contributed by atoms with van der Waals surface area (Å²) in [5, 5.41) is 5.71. The summed E-state index contributed by atoms with van der Waals surface area (Å²) in [6.45, 7) is 5.52. The van der Waals surface area contributed by atoms with Crippen LogP contribution in [0.4, 0.5) is 5.69 Å². The zero-order chi connectivity index (χ0) is 18.9. The normalized spacial score (nSPS) is 12.9. The van der Waals surface area contributed by atoms with Crippen LogP contribution in [0.3, 0.4) is 0 Å². The molecule has 2 N–H and O–H groups in total. The van der Waals surface area contributed by atoms with Crippen LogP contribution in [0.2, 0.25) is 0 Å². The second-order valence-corrected chi connectivity index (χ2v) is 7.64. The Morgan fingerprint density at radius 1 is 1.04 bits per heavy atom. The Balaban J connectivity index is 1.96. The van der Waals surface area contributed by atoms with Crippen LogP contribution in [0.5, 0.6) is 0 Å². The highest BCUT2D eigenvalue weighted by Crippen LogP contribution is 2.26. The topological polar surface area (TPSA) is 58.2 Å². The Bertz CT molecular complexity index is 717. The summed E-state index contributed by atoms with van der Waals surface area (Å²) in [4.78, 5) is 24.7. The van der Waals surface area contributed by atoms with E-state index < -0.39 is 0 Å². The van der Waals surface area contributed by atoms with E-state index in [4.69, 9.17) is 0 Å². The number of amides is 2. The average molecular weight is 371 g/mol. The van der Waals surface area contributed by atoms with Crippen LogP contribution in [0.25, 0.3) is 0 Å². The number of rotatable bonds is 8. The molecule has 2 aromatic carbocycles. The SMILES string of the molecule is CCC[C@@H](NC(=O)[C@H](C)Sc1ccc(NC(C)=O)cc1)c1ccccc1. The number of carbonyl (C=O) groups excluding carboxylic acids is 2. The highest BCUT2D eigenvalue weighted by atomic mass is 32.2. The molecule has 5 heteroatoms. The molecule has 0 aliphatic carbocycles. The van der Waals surface area contributed by atoms with Gasteiger partial charge in [-0.05, 0) is 43.2 Å². The molecular formula is C21H26N2O2S. The average Bonchev–Trinajstić information content (AvgIpc) is 2.63. The number of thioether (sulfide) groups is 1. The first-order valence-electron chi connectivity index (χ1n) is 8.89. The standard InChI is InChI=1S/C21H26N2O2S/c1-4-8-20(17-9-6-5-7-10-17)23-21(25)15(2)26-19-13-11-18(12-14-19)22-16(3)24/h5-7,9-15,20H,4,8H2,1-3H3,(H,22,24)(H,23,25)/t15-,20+/m0/s1. The maximum atomic E-state index is 12.6. The van der Waals surface area contributed by atoms with E-state index in [1.165, 1.54) is 18.7 Å². The number of carbonyl (C=O) groups is 2. The minimum absolute atomic E-state index is 0.0308. The summed E-state index contributed by atoms with van der Waals surface area (Å²) in [6, 6.07) is 17.7. The Hall–Kier alpha value is -2.27. The molecule has 26 heavy (non-hydrogen) atoms. The van der Waals surface area contributed by atoms with Crippen LogP contribution in [0, 0.1) is 0 Å². The van der Waals surface area contributed by atoms with Crippen molar-refractivity contribution in [3.63, 3.8) is 0 Å². The summed E-state index contributed by atoms with van der Waals surface area (Å²) in [6.07, 6.45) is 1.92. The summed E-state index contributed by atoms with van der Waals surface area (Å²) in [5.74, 6) is -0.0655. The van der Waals surface area contributed by atoms with Gasteiger partial charge in [0.25, 0.3) is 0 Å². The predicted molar refractivity (Wildman–Crippen MR) is 108 cm³/mol. The fourth-order valence-corrected chi connectivity index (χ4v) is 3.54. The smallest absolute Gasteiger partial charge is 0.233 e. The largest absolute Gasteiger partial charge is 0.348 e. The third kappa shape index (κ3) is 6.23. The third-order valence-corrected chi connectivity index (χ3v) is 5.06. The molecule has 0 fully saturated rings. The third-order valence-electron chi connectivity index (χ3n) is 3.95. The summed E-state index contributed by atoms with van der Waals surface area (Å²) in [5.41, 5.74) is 1.89. The van der Waals surface area contributed by atoms with Crippen LogP contribution < -0.4 is 10.6 Å². The molecular weight excluding hydrogens is 344 g/mol. The van der Waals surface area contributed by atoms with E-state index >= 15 is 0 Å². The predicted octanol–water partition coefficient (Wildman–Crippen LogP) is 4.78. The molecule has 138 valence electrons. The second-order valence-electron chi connectivity index (χ2n) is 6.23. The molecule has 0 bridgehead atoms. The maximum absolute atomic E-state index is 12.6. The van der Waals surface area contributed by atoms with Gasteiger partial charge in [-0.1, -0.05) is 43.7 Å². The van der Waals surface area contributed by atoms with Crippen molar-refractivity contribution >= 4 is 29.3 Å². The highest BCUT2D eigenvalue weighted by molar-refractivity contribution is 8.00. The van der Waals surface area contributed by atoms with E-state index in [0.717, 1.165) is 29.0 Å². The Kier molecular flexibility index (Phi) is 7.73. The molecule has 0 aliphatic rings. The first kappa shape index (κ1) is 20.0. The van der Waals surface area contributed by atoms with E-state index in [1.807, 2.05) is 49.4 Å². The molecule has 0 spiro atoms. The van der Waals surface area contributed by atoms with Crippen LogP contribution in [0.1, 0.15) is 45.2 Å². The Labute approximate surface area is 159 Å². The Morgan fingerprint density at radius 2 is 1.69 bits per heavy atom. The number of benzene rings is 2. The van der Waals surface area contributed by atoms with Crippen LogP contribution in [-0.4, -0.2) is 17.1 Å². The fourth-order valence-electron chi connectivity index (χ4n) is 2.66. The van der Waals surface area contributed by atoms with Gasteiger partial charge in [-0.2, -0.15) is 0 Å². The molecule has 0 saturated heterocycles. The van der Waals surface area contributed by atoms with Crippen LogP contribution >= 0.6 is 11.8 Å². The van der Waals surface area contributed by atoms with E-state index in [1.54, 1.807) is 0 Å². The van der Waals surface area contributed by atoms with E-state index in [9.17, 15) is 9.59 Å². The van der Waals surface area contributed by atoms with Gasteiger partial charge < -0.3 is 10.6 Å².